The normalized spacial score (nSPS) is 12.5. The molecule has 0 saturated heterocycles. The van der Waals surface area contributed by atoms with E-state index in [0.29, 0.717) is 18.2 Å². The lowest BCUT2D eigenvalue weighted by atomic mass is 10.1. The molecule has 6 rings (SSSR count). The number of halogens is 2. The van der Waals surface area contributed by atoms with Crippen LogP contribution in [-0.2, 0) is 17.6 Å². The molecular formula is C34H34BrClN4OSi. The van der Waals surface area contributed by atoms with E-state index < -0.39 is 8.32 Å². The third kappa shape index (κ3) is 5.02. The monoisotopic (exact) mass is 656 g/mol. The average Bonchev–Trinajstić information content (AvgIpc) is 3.49. The Hall–Kier alpha value is -3.23. The van der Waals surface area contributed by atoms with Crippen LogP contribution in [0.2, 0.25) is 10.1 Å². The van der Waals surface area contributed by atoms with Crippen LogP contribution in [0.4, 0.5) is 0 Å². The first kappa shape index (κ1) is 28.9. The van der Waals surface area contributed by atoms with Gasteiger partial charge in [-0.1, -0.05) is 99.1 Å². The van der Waals surface area contributed by atoms with Crippen molar-refractivity contribution in [2.45, 2.75) is 52.8 Å². The minimum Gasteiger partial charge on any atom is -0.403 e. The van der Waals surface area contributed by atoms with Gasteiger partial charge >= 0.3 is 0 Å². The molecule has 0 bridgehead atoms. The maximum absolute atomic E-state index is 7.21. The van der Waals surface area contributed by atoms with Crippen molar-refractivity contribution in [1.29, 1.82) is 0 Å². The van der Waals surface area contributed by atoms with Gasteiger partial charge in [0.2, 0.25) is 0 Å². The van der Waals surface area contributed by atoms with Gasteiger partial charge in [0.1, 0.15) is 5.82 Å². The van der Waals surface area contributed by atoms with Crippen molar-refractivity contribution < 1.29 is 4.43 Å². The third-order valence-electron chi connectivity index (χ3n) is 8.10. The number of aryl methyl sites for hydroxylation is 2. The fourth-order valence-corrected chi connectivity index (χ4v) is 11.5. The molecule has 5 nitrogen and oxygen atoms in total. The van der Waals surface area contributed by atoms with Crippen LogP contribution in [0.15, 0.2) is 95.5 Å². The van der Waals surface area contributed by atoms with Crippen molar-refractivity contribution in [3.05, 3.63) is 123 Å². The smallest absolute Gasteiger partial charge is 0.261 e. The van der Waals surface area contributed by atoms with Crippen LogP contribution in [0.25, 0.3) is 16.7 Å². The third-order valence-corrected chi connectivity index (χ3v) is 13.9. The van der Waals surface area contributed by atoms with Gasteiger partial charge in [0.25, 0.3) is 8.32 Å². The fourth-order valence-electron chi connectivity index (χ4n) is 6.24. The molecule has 0 unspecified atom stereocenters. The molecule has 0 aliphatic rings. The van der Waals surface area contributed by atoms with Crippen molar-refractivity contribution in [2.24, 2.45) is 0 Å². The van der Waals surface area contributed by atoms with Gasteiger partial charge in [-0.15, -0.1) is 10.2 Å². The summed E-state index contributed by atoms with van der Waals surface area (Å²) in [5.41, 5.74) is 6.37. The molecule has 0 aliphatic carbocycles. The molecule has 214 valence electrons. The number of fused-ring (bicyclic) bond motifs is 3. The zero-order valence-electron chi connectivity index (χ0n) is 24.5. The predicted octanol–water partition coefficient (Wildman–Crippen LogP) is 7.84. The SMILES string of the molecule is Cc1cc2c(cc(Br)c3nnc(C)n32)n1Cc1cc(Cl)cc(CO[Si](c2ccccc2)(c2ccccc2)C(C)(C)C)c1. The predicted molar refractivity (Wildman–Crippen MR) is 179 cm³/mol. The van der Waals surface area contributed by atoms with E-state index in [-0.39, 0.29) is 5.04 Å². The highest BCUT2D eigenvalue weighted by Crippen LogP contribution is 2.37. The van der Waals surface area contributed by atoms with Crippen molar-refractivity contribution >= 4 is 62.9 Å². The van der Waals surface area contributed by atoms with Crippen LogP contribution in [0.3, 0.4) is 0 Å². The molecule has 0 spiro atoms. The Morgan fingerprint density at radius 1 is 0.810 bits per heavy atom. The first-order chi connectivity index (χ1) is 20.1. The van der Waals surface area contributed by atoms with Crippen LogP contribution in [-0.4, -0.2) is 27.5 Å². The van der Waals surface area contributed by atoms with E-state index in [2.05, 4.69) is 148 Å². The molecular weight excluding hydrogens is 624 g/mol. The standard InChI is InChI=1S/C34H34BrClN4OSi/c1-23-16-32-31(20-30(35)33-38-37-24(2)40(32)33)39(23)21-25-17-26(19-27(36)18-25)22-41-42(34(3,4)5,28-12-8-6-9-13-28)29-14-10-7-11-15-29/h6-20H,21-22H2,1-5H3. The summed E-state index contributed by atoms with van der Waals surface area (Å²) < 4.78 is 12.5. The zero-order valence-corrected chi connectivity index (χ0v) is 27.9. The molecule has 0 fully saturated rings. The Labute approximate surface area is 261 Å². The van der Waals surface area contributed by atoms with E-state index in [1.54, 1.807) is 0 Å². The van der Waals surface area contributed by atoms with E-state index in [4.69, 9.17) is 16.0 Å². The average molecular weight is 658 g/mol. The van der Waals surface area contributed by atoms with Crippen molar-refractivity contribution in [3.8, 4) is 0 Å². The molecule has 0 radical (unpaired) electrons. The number of benzene rings is 3. The van der Waals surface area contributed by atoms with Gasteiger partial charge in [0, 0.05) is 17.3 Å². The Morgan fingerprint density at radius 2 is 1.43 bits per heavy atom. The second kappa shape index (κ2) is 11.1. The Morgan fingerprint density at radius 3 is 2.05 bits per heavy atom. The highest BCUT2D eigenvalue weighted by atomic mass is 79.9. The summed E-state index contributed by atoms with van der Waals surface area (Å²) >= 11 is 10.5. The Balaban J connectivity index is 1.38. The van der Waals surface area contributed by atoms with E-state index in [9.17, 15) is 0 Å². The van der Waals surface area contributed by atoms with Gasteiger partial charge in [0.05, 0.1) is 22.1 Å². The fraction of sp³-hybridized carbons (Fsp3) is 0.235. The maximum atomic E-state index is 7.21. The van der Waals surface area contributed by atoms with Crippen LogP contribution >= 0.6 is 27.5 Å². The van der Waals surface area contributed by atoms with Crippen LogP contribution in [0, 0.1) is 13.8 Å². The van der Waals surface area contributed by atoms with Crippen molar-refractivity contribution in [1.82, 2.24) is 19.2 Å². The molecule has 42 heavy (non-hydrogen) atoms. The summed E-state index contributed by atoms with van der Waals surface area (Å²) in [7, 11) is -2.67. The van der Waals surface area contributed by atoms with Crippen LogP contribution < -0.4 is 10.4 Å². The number of nitrogens with zero attached hydrogens (tertiary/aromatic N) is 4. The molecule has 0 saturated carbocycles. The number of hydrogen-bond donors (Lipinski definition) is 0. The summed E-state index contributed by atoms with van der Waals surface area (Å²) in [5, 5.41) is 11.8. The molecule has 0 amide bonds. The quantitative estimate of drug-likeness (QED) is 0.164. The molecule has 6 aromatic rings. The Kier molecular flexibility index (Phi) is 7.64. The minimum atomic E-state index is -2.67. The molecule has 0 N–H and O–H groups in total. The second-order valence-corrected chi connectivity index (χ2v) is 17.6. The molecule has 3 aromatic carbocycles. The van der Waals surface area contributed by atoms with Crippen molar-refractivity contribution in [2.75, 3.05) is 0 Å². The first-order valence-corrected chi connectivity index (χ1v) is 17.2. The summed E-state index contributed by atoms with van der Waals surface area (Å²) in [4.78, 5) is 0. The van der Waals surface area contributed by atoms with Gasteiger partial charge in [-0.3, -0.25) is 4.40 Å². The molecule has 8 heteroatoms. The number of hydrogen-bond acceptors (Lipinski definition) is 3. The highest BCUT2D eigenvalue weighted by Gasteiger charge is 2.50. The summed E-state index contributed by atoms with van der Waals surface area (Å²) in [5.74, 6) is 0.860. The van der Waals surface area contributed by atoms with E-state index in [0.717, 1.165) is 43.8 Å². The lowest BCUT2D eigenvalue weighted by molar-refractivity contribution is 0.286. The van der Waals surface area contributed by atoms with Gasteiger partial charge in [0.15, 0.2) is 5.65 Å². The molecule has 3 heterocycles. The number of pyridine rings is 1. The molecule has 3 aromatic heterocycles. The van der Waals surface area contributed by atoms with Gasteiger partial charge in [-0.25, -0.2) is 0 Å². The van der Waals surface area contributed by atoms with Gasteiger partial charge < -0.3 is 8.99 Å². The lowest BCUT2D eigenvalue weighted by Gasteiger charge is -2.43. The van der Waals surface area contributed by atoms with E-state index >= 15 is 0 Å². The van der Waals surface area contributed by atoms with E-state index in [1.165, 1.54) is 10.4 Å². The molecule has 0 aliphatic heterocycles. The minimum absolute atomic E-state index is 0.0999. The molecule has 0 atom stereocenters. The van der Waals surface area contributed by atoms with Crippen molar-refractivity contribution in [3.63, 3.8) is 0 Å². The van der Waals surface area contributed by atoms with Gasteiger partial charge in [-0.2, -0.15) is 0 Å². The summed E-state index contributed by atoms with van der Waals surface area (Å²) in [6.45, 7) is 12.2. The Bertz CT molecular complexity index is 1850. The summed E-state index contributed by atoms with van der Waals surface area (Å²) in [6.07, 6.45) is 0. The summed E-state index contributed by atoms with van der Waals surface area (Å²) in [6, 6.07) is 32.1. The van der Waals surface area contributed by atoms with E-state index in [1.807, 2.05) is 13.0 Å². The first-order valence-electron chi connectivity index (χ1n) is 14.1. The maximum Gasteiger partial charge on any atom is 0.261 e. The largest absolute Gasteiger partial charge is 0.403 e. The van der Waals surface area contributed by atoms with Crippen LogP contribution in [0.5, 0.6) is 0 Å². The highest BCUT2D eigenvalue weighted by molar-refractivity contribution is 9.10. The van der Waals surface area contributed by atoms with Gasteiger partial charge in [-0.05, 0) is 80.6 Å². The second-order valence-electron chi connectivity index (χ2n) is 12.0. The number of rotatable bonds is 7. The lowest BCUT2D eigenvalue weighted by Crippen LogP contribution is -2.66. The van der Waals surface area contributed by atoms with Crippen LogP contribution in [0.1, 0.15) is 43.4 Å². The number of aromatic nitrogens is 4. The topological polar surface area (TPSA) is 44.4 Å². The zero-order chi connectivity index (χ0) is 29.6.